The molecular formula is C10H17ClO2. The molecule has 0 aromatic heterocycles. The first kappa shape index (κ1) is 12.5. The average molecular weight is 205 g/mol. The van der Waals surface area contributed by atoms with Crippen molar-refractivity contribution < 1.29 is 9.53 Å². The van der Waals surface area contributed by atoms with Crippen LogP contribution in [-0.2, 0) is 9.53 Å². The topological polar surface area (TPSA) is 26.3 Å². The number of carbonyl (C=O) groups is 1. The van der Waals surface area contributed by atoms with E-state index < -0.39 is 0 Å². The monoisotopic (exact) mass is 204 g/mol. The fourth-order valence-corrected chi connectivity index (χ4v) is 0.757. The van der Waals surface area contributed by atoms with Crippen molar-refractivity contribution in [3.8, 4) is 0 Å². The van der Waals surface area contributed by atoms with Crippen LogP contribution in [0.1, 0.15) is 33.1 Å². The molecule has 0 fully saturated rings. The molecule has 3 heteroatoms. The molecule has 0 radical (unpaired) electrons. The maximum Gasteiger partial charge on any atom is 0.330 e. The van der Waals surface area contributed by atoms with Gasteiger partial charge in [-0.2, -0.15) is 0 Å². The minimum absolute atomic E-state index is 0.0706. The second-order valence-corrected chi connectivity index (χ2v) is 3.36. The molecule has 0 aliphatic rings. The van der Waals surface area contributed by atoms with Gasteiger partial charge in [-0.05, 0) is 12.8 Å². The van der Waals surface area contributed by atoms with Crippen LogP contribution in [0.4, 0.5) is 0 Å². The summed E-state index contributed by atoms with van der Waals surface area (Å²) in [5.41, 5.74) is 0. The number of unbranched alkanes of at least 4 members (excludes halogenated alkanes) is 1. The molecule has 0 saturated carbocycles. The third-order valence-electron chi connectivity index (χ3n) is 1.57. The van der Waals surface area contributed by atoms with Crippen LogP contribution >= 0.6 is 11.6 Å². The maximum atomic E-state index is 11.0. The second kappa shape index (κ2) is 8.11. The third-order valence-corrected chi connectivity index (χ3v) is 2.03. The van der Waals surface area contributed by atoms with Gasteiger partial charge in [-0.3, -0.25) is 0 Å². The second-order valence-electron chi connectivity index (χ2n) is 2.80. The molecule has 76 valence electrons. The molecule has 0 amide bonds. The van der Waals surface area contributed by atoms with E-state index in [0.29, 0.717) is 6.61 Å². The lowest BCUT2D eigenvalue weighted by Crippen LogP contribution is -2.03. The number of halogens is 1. The first-order valence-corrected chi connectivity index (χ1v) is 5.13. The maximum absolute atomic E-state index is 11.0. The van der Waals surface area contributed by atoms with E-state index in [1.165, 1.54) is 6.08 Å². The molecule has 0 aromatic rings. The Morgan fingerprint density at radius 2 is 2.23 bits per heavy atom. The normalized spacial score (nSPS) is 13.2. The summed E-state index contributed by atoms with van der Waals surface area (Å²) in [6, 6.07) is 0. The van der Waals surface area contributed by atoms with Crippen LogP contribution in [0.3, 0.4) is 0 Å². The van der Waals surface area contributed by atoms with Crippen LogP contribution in [0.5, 0.6) is 0 Å². The smallest absolute Gasteiger partial charge is 0.330 e. The Morgan fingerprint density at radius 3 is 2.77 bits per heavy atom. The van der Waals surface area contributed by atoms with E-state index in [0.717, 1.165) is 19.3 Å². The summed E-state index contributed by atoms with van der Waals surface area (Å²) in [6.45, 7) is 4.51. The quantitative estimate of drug-likeness (QED) is 0.288. The molecular weight excluding hydrogens is 188 g/mol. The Morgan fingerprint density at radius 1 is 1.54 bits per heavy atom. The number of alkyl halides is 1. The minimum atomic E-state index is -0.299. The highest BCUT2D eigenvalue weighted by Gasteiger charge is 1.98. The van der Waals surface area contributed by atoms with Gasteiger partial charge in [0.05, 0.1) is 12.0 Å². The summed E-state index contributed by atoms with van der Waals surface area (Å²) < 4.78 is 4.89. The summed E-state index contributed by atoms with van der Waals surface area (Å²) in [7, 11) is 0. The van der Waals surface area contributed by atoms with Crippen LogP contribution in [0, 0.1) is 0 Å². The summed E-state index contributed by atoms with van der Waals surface area (Å²) in [5.74, 6) is -0.299. The van der Waals surface area contributed by atoms with Crippen LogP contribution in [0.15, 0.2) is 12.2 Å². The van der Waals surface area contributed by atoms with Gasteiger partial charge in [0.1, 0.15) is 0 Å². The third kappa shape index (κ3) is 7.85. The van der Waals surface area contributed by atoms with E-state index in [9.17, 15) is 4.79 Å². The highest BCUT2D eigenvalue weighted by atomic mass is 35.5. The Bertz CT molecular complexity index is 166. The van der Waals surface area contributed by atoms with Crippen LogP contribution in [-0.4, -0.2) is 18.0 Å². The lowest BCUT2D eigenvalue weighted by atomic mass is 10.3. The van der Waals surface area contributed by atoms with E-state index in [1.807, 2.05) is 6.92 Å². The van der Waals surface area contributed by atoms with Gasteiger partial charge in [0.2, 0.25) is 0 Å². The van der Waals surface area contributed by atoms with Gasteiger partial charge in [0.25, 0.3) is 0 Å². The van der Waals surface area contributed by atoms with Gasteiger partial charge in [0, 0.05) is 6.08 Å². The van der Waals surface area contributed by atoms with Gasteiger partial charge in [-0.15, -0.1) is 11.6 Å². The molecule has 0 N–H and O–H groups in total. The Balaban J connectivity index is 3.55. The number of ether oxygens (including phenoxy) is 1. The van der Waals surface area contributed by atoms with Gasteiger partial charge in [-0.1, -0.05) is 26.3 Å². The minimum Gasteiger partial charge on any atom is -0.463 e. The molecule has 0 aliphatic carbocycles. The summed E-state index contributed by atoms with van der Waals surface area (Å²) >= 11 is 5.78. The van der Waals surface area contributed by atoms with Crippen LogP contribution in [0.25, 0.3) is 0 Å². The number of allylic oxidation sites excluding steroid dienone is 1. The van der Waals surface area contributed by atoms with Crippen molar-refractivity contribution in [3.05, 3.63) is 12.2 Å². The Labute approximate surface area is 84.9 Å². The lowest BCUT2D eigenvalue weighted by Gasteiger charge is -2.00. The number of esters is 1. The summed E-state index contributed by atoms with van der Waals surface area (Å²) in [5, 5.41) is -0.0706. The predicted octanol–water partition coefficient (Wildman–Crippen LogP) is 2.90. The Hall–Kier alpha value is -0.500. The molecule has 0 rings (SSSR count). The van der Waals surface area contributed by atoms with Gasteiger partial charge in [0.15, 0.2) is 0 Å². The van der Waals surface area contributed by atoms with Gasteiger partial charge < -0.3 is 4.74 Å². The van der Waals surface area contributed by atoms with E-state index in [-0.39, 0.29) is 11.3 Å². The van der Waals surface area contributed by atoms with Crippen molar-refractivity contribution in [1.29, 1.82) is 0 Å². The molecule has 0 bridgehead atoms. The largest absolute Gasteiger partial charge is 0.463 e. The zero-order valence-electron chi connectivity index (χ0n) is 8.25. The SMILES string of the molecule is CCCCOC(=O)/C=C/C(Cl)CC. The first-order valence-electron chi connectivity index (χ1n) is 4.69. The standard InChI is InChI=1S/C10H17ClO2/c1-3-5-8-13-10(12)7-6-9(11)4-2/h6-7,9H,3-5,8H2,1-2H3/b7-6+. The summed E-state index contributed by atoms with van der Waals surface area (Å²) in [6.07, 6.45) is 5.83. The molecule has 13 heavy (non-hydrogen) atoms. The zero-order chi connectivity index (χ0) is 10.1. The molecule has 2 nitrogen and oxygen atoms in total. The molecule has 0 aliphatic heterocycles. The number of hydrogen-bond donors (Lipinski definition) is 0. The van der Waals surface area contributed by atoms with Crippen molar-refractivity contribution in [2.75, 3.05) is 6.61 Å². The van der Waals surface area contributed by atoms with Crippen molar-refractivity contribution >= 4 is 17.6 Å². The van der Waals surface area contributed by atoms with Gasteiger partial charge >= 0.3 is 5.97 Å². The highest BCUT2D eigenvalue weighted by molar-refractivity contribution is 6.21. The van der Waals surface area contributed by atoms with E-state index in [1.54, 1.807) is 6.08 Å². The van der Waals surface area contributed by atoms with Crippen molar-refractivity contribution in [3.63, 3.8) is 0 Å². The van der Waals surface area contributed by atoms with Crippen molar-refractivity contribution in [2.24, 2.45) is 0 Å². The van der Waals surface area contributed by atoms with E-state index >= 15 is 0 Å². The molecule has 0 aromatic carbocycles. The molecule has 0 heterocycles. The average Bonchev–Trinajstić information content (AvgIpc) is 2.14. The van der Waals surface area contributed by atoms with Crippen molar-refractivity contribution in [2.45, 2.75) is 38.5 Å². The first-order chi connectivity index (χ1) is 6.20. The van der Waals surface area contributed by atoms with E-state index in [4.69, 9.17) is 16.3 Å². The fourth-order valence-electron chi connectivity index (χ4n) is 0.684. The molecule has 0 saturated heterocycles. The number of rotatable bonds is 6. The zero-order valence-corrected chi connectivity index (χ0v) is 9.01. The summed E-state index contributed by atoms with van der Waals surface area (Å²) in [4.78, 5) is 11.0. The lowest BCUT2D eigenvalue weighted by molar-refractivity contribution is -0.137. The number of carbonyl (C=O) groups excluding carboxylic acids is 1. The van der Waals surface area contributed by atoms with Crippen LogP contribution < -0.4 is 0 Å². The molecule has 1 unspecified atom stereocenters. The Kier molecular flexibility index (Phi) is 7.80. The van der Waals surface area contributed by atoms with Crippen LogP contribution in [0.2, 0.25) is 0 Å². The number of hydrogen-bond acceptors (Lipinski definition) is 2. The fraction of sp³-hybridized carbons (Fsp3) is 0.700. The molecule has 1 atom stereocenters. The van der Waals surface area contributed by atoms with Crippen molar-refractivity contribution in [1.82, 2.24) is 0 Å². The predicted molar refractivity (Wildman–Crippen MR) is 54.9 cm³/mol. The van der Waals surface area contributed by atoms with E-state index in [2.05, 4.69) is 6.92 Å². The molecule has 0 spiro atoms. The van der Waals surface area contributed by atoms with Gasteiger partial charge in [-0.25, -0.2) is 4.79 Å². The highest BCUT2D eigenvalue weighted by Crippen LogP contribution is 2.02.